The van der Waals surface area contributed by atoms with E-state index in [1.807, 2.05) is 24.3 Å². The average Bonchev–Trinajstić information content (AvgIpc) is 2.50. The first kappa shape index (κ1) is 18.0. The summed E-state index contributed by atoms with van der Waals surface area (Å²) in [6.07, 6.45) is 1.70. The SMILES string of the molecule is CC(C)CC(CC(C)C)=NNC(=O)c1cc2ccccc2cc1O. The number of hydrazone groups is 1. The molecule has 0 unspecified atom stereocenters. The lowest BCUT2D eigenvalue weighted by Crippen LogP contribution is -2.21. The molecular formula is C20H26N2O2. The first-order valence-corrected chi connectivity index (χ1v) is 8.44. The fourth-order valence-corrected chi connectivity index (χ4v) is 2.72. The normalized spacial score (nSPS) is 11.1. The lowest BCUT2D eigenvalue weighted by atomic mass is 9.99. The second kappa shape index (κ2) is 7.95. The number of aromatic hydroxyl groups is 1. The van der Waals surface area contributed by atoms with Crippen LogP contribution in [-0.4, -0.2) is 16.7 Å². The van der Waals surface area contributed by atoms with Gasteiger partial charge >= 0.3 is 0 Å². The summed E-state index contributed by atoms with van der Waals surface area (Å²) < 4.78 is 0. The number of carbonyl (C=O) groups is 1. The molecule has 128 valence electrons. The third kappa shape index (κ3) is 4.82. The molecule has 4 nitrogen and oxygen atoms in total. The molecule has 0 heterocycles. The van der Waals surface area contributed by atoms with Crippen molar-refractivity contribution in [3.63, 3.8) is 0 Å². The molecule has 2 aromatic rings. The van der Waals surface area contributed by atoms with E-state index in [-0.39, 0.29) is 17.2 Å². The lowest BCUT2D eigenvalue weighted by Gasteiger charge is -2.12. The van der Waals surface area contributed by atoms with Crippen LogP contribution in [0.2, 0.25) is 0 Å². The zero-order valence-corrected chi connectivity index (χ0v) is 14.8. The molecule has 0 aromatic heterocycles. The van der Waals surface area contributed by atoms with Crippen LogP contribution in [0.1, 0.15) is 50.9 Å². The molecule has 0 saturated heterocycles. The summed E-state index contributed by atoms with van der Waals surface area (Å²) in [4.78, 5) is 12.4. The van der Waals surface area contributed by atoms with Gasteiger partial charge in [-0.25, -0.2) is 5.43 Å². The summed E-state index contributed by atoms with van der Waals surface area (Å²) in [5.41, 5.74) is 3.83. The standard InChI is InChI=1S/C20H26N2O2/c1-13(2)9-17(10-14(3)4)21-22-20(24)18-11-15-7-5-6-8-16(15)12-19(18)23/h5-8,11-14,23H,9-10H2,1-4H3,(H,22,24). The van der Waals surface area contributed by atoms with Gasteiger partial charge in [-0.05, 0) is 47.6 Å². The minimum atomic E-state index is -0.386. The number of benzene rings is 2. The fraction of sp³-hybridized carbons (Fsp3) is 0.400. The van der Waals surface area contributed by atoms with Crippen LogP contribution in [0.5, 0.6) is 5.75 Å². The second-order valence-electron chi connectivity index (χ2n) is 7.03. The van der Waals surface area contributed by atoms with Gasteiger partial charge in [-0.1, -0.05) is 52.0 Å². The number of hydrogen-bond acceptors (Lipinski definition) is 3. The number of amides is 1. The molecule has 24 heavy (non-hydrogen) atoms. The van der Waals surface area contributed by atoms with Gasteiger partial charge in [-0.2, -0.15) is 5.10 Å². The minimum Gasteiger partial charge on any atom is -0.507 e. The molecule has 0 saturated carbocycles. The first-order chi connectivity index (χ1) is 11.4. The van der Waals surface area contributed by atoms with Crippen molar-refractivity contribution in [3.8, 4) is 5.75 Å². The number of rotatable bonds is 6. The van der Waals surface area contributed by atoms with Crippen molar-refractivity contribution >= 4 is 22.4 Å². The van der Waals surface area contributed by atoms with Crippen molar-refractivity contribution in [3.05, 3.63) is 42.0 Å². The third-order valence-electron chi connectivity index (χ3n) is 3.71. The summed E-state index contributed by atoms with van der Waals surface area (Å²) in [5, 5.41) is 16.2. The molecule has 2 N–H and O–H groups in total. The van der Waals surface area contributed by atoms with Gasteiger partial charge < -0.3 is 5.11 Å². The molecule has 0 radical (unpaired) electrons. The Bertz CT molecular complexity index is 736. The zero-order valence-electron chi connectivity index (χ0n) is 14.8. The molecule has 1 amide bonds. The number of nitrogens with zero attached hydrogens (tertiary/aromatic N) is 1. The van der Waals surface area contributed by atoms with Crippen LogP contribution < -0.4 is 5.43 Å². The van der Waals surface area contributed by atoms with Gasteiger partial charge in [0.25, 0.3) is 5.91 Å². The van der Waals surface area contributed by atoms with E-state index in [1.54, 1.807) is 12.1 Å². The number of hydrogen-bond donors (Lipinski definition) is 2. The molecule has 0 atom stereocenters. The lowest BCUT2D eigenvalue weighted by molar-refractivity contribution is 0.0952. The maximum atomic E-state index is 12.4. The van der Waals surface area contributed by atoms with Crippen molar-refractivity contribution in [1.82, 2.24) is 5.43 Å². The van der Waals surface area contributed by atoms with Crippen LogP contribution in [0.15, 0.2) is 41.5 Å². The molecule has 4 heteroatoms. The van der Waals surface area contributed by atoms with E-state index in [4.69, 9.17) is 0 Å². The smallest absolute Gasteiger partial charge is 0.275 e. The van der Waals surface area contributed by atoms with Gasteiger partial charge in [0.1, 0.15) is 5.75 Å². The van der Waals surface area contributed by atoms with E-state index in [9.17, 15) is 9.90 Å². The molecule has 2 rings (SSSR count). The largest absolute Gasteiger partial charge is 0.507 e. The van der Waals surface area contributed by atoms with Gasteiger partial charge in [-0.15, -0.1) is 0 Å². The maximum Gasteiger partial charge on any atom is 0.275 e. The predicted molar refractivity (Wildman–Crippen MR) is 99.4 cm³/mol. The molecule has 0 fully saturated rings. The van der Waals surface area contributed by atoms with Crippen molar-refractivity contribution in [2.24, 2.45) is 16.9 Å². The Morgan fingerprint density at radius 3 is 2.12 bits per heavy atom. The number of carbonyl (C=O) groups excluding carboxylic acids is 1. The Labute approximate surface area is 143 Å². The highest BCUT2D eigenvalue weighted by Gasteiger charge is 2.13. The van der Waals surface area contributed by atoms with Crippen molar-refractivity contribution in [1.29, 1.82) is 0 Å². The third-order valence-corrected chi connectivity index (χ3v) is 3.71. The van der Waals surface area contributed by atoms with Gasteiger partial charge in [0, 0.05) is 5.71 Å². The Morgan fingerprint density at radius 1 is 1.04 bits per heavy atom. The van der Waals surface area contributed by atoms with Gasteiger partial charge in [0.05, 0.1) is 5.56 Å². The molecule has 2 aromatic carbocycles. The van der Waals surface area contributed by atoms with E-state index < -0.39 is 0 Å². The summed E-state index contributed by atoms with van der Waals surface area (Å²) in [7, 11) is 0. The van der Waals surface area contributed by atoms with Crippen LogP contribution >= 0.6 is 0 Å². The Balaban J connectivity index is 2.21. The predicted octanol–water partition coefficient (Wildman–Crippen LogP) is 4.72. The van der Waals surface area contributed by atoms with E-state index >= 15 is 0 Å². The monoisotopic (exact) mass is 326 g/mol. The summed E-state index contributed by atoms with van der Waals surface area (Å²) in [6, 6.07) is 10.9. The van der Waals surface area contributed by atoms with Gasteiger partial charge in [0.2, 0.25) is 0 Å². The molecule has 0 aliphatic carbocycles. The topological polar surface area (TPSA) is 61.7 Å². The van der Waals surface area contributed by atoms with Crippen LogP contribution in [0.25, 0.3) is 10.8 Å². The van der Waals surface area contributed by atoms with E-state index in [1.165, 1.54) is 0 Å². The number of fused-ring (bicyclic) bond motifs is 1. The summed E-state index contributed by atoms with van der Waals surface area (Å²) in [5.74, 6) is 0.542. The van der Waals surface area contributed by atoms with Crippen molar-refractivity contribution in [2.45, 2.75) is 40.5 Å². The second-order valence-corrected chi connectivity index (χ2v) is 7.03. The highest BCUT2D eigenvalue weighted by molar-refractivity contribution is 6.02. The van der Waals surface area contributed by atoms with Gasteiger partial charge in [0.15, 0.2) is 0 Å². The Hall–Kier alpha value is -2.36. The fourth-order valence-electron chi connectivity index (χ4n) is 2.72. The highest BCUT2D eigenvalue weighted by atomic mass is 16.3. The molecule has 0 aliphatic rings. The first-order valence-electron chi connectivity index (χ1n) is 8.44. The van der Waals surface area contributed by atoms with Crippen molar-refractivity contribution < 1.29 is 9.90 Å². The number of nitrogens with one attached hydrogen (secondary N) is 1. The average molecular weight is 326 g/mol. The van der Waals surface area contributed by atoms with E-state index in [0.29, 0.717) is 11.8 Å². The van der Waals surface area contributed by atoms with Crippen molar-refractivity contribution in [2.75, 3.05) is 0 Å². The van der Waals surface area contributed by atoms with Crippen LogP contribution in [0, 0.1) is 11.8 Å². The Kier molecular flexibility index (Phi) is 5.96. The quantitative estimate of drug-likeness (QED) is 0.596. The van der Waals surface area contributed by atoms with Gasteiger partial charge in [-0.3, -0.25) is 4.79 Å². The molecule has 0 aliphatic heterocycles. The maximum absolute atomic E-state index is 12.4. The van der Waals surface area contributed by atoms with E-state index in [2.05, 4.69) is 38.2 Å². The van der Waals surface area contributed by atoms with Crippen LogP contribution in [0.3, 0.4) is 0 Å². The van der Waals surface area contributed by atoms with Crippen LogP contribution in [-0.2, 0) is 0 Å². The zero-order chi connectivity index (χ0) is 17.7. The summed E-state index contributed by atoms with van der Waals surface area (Å²) >= 11 is 0. The molecular weight excluding hydrogens is 300 g/mol. The summed E-state index contributed by atoms with van der Waals surface area (Å²) in [6.45, 7) is 8.53. The minimum absolute atomic E-state index is 0.0318. The molecule has 0 spiro atoms. The number of phenolic OH excluding ortho intramolecular Hbond substituents is 1. The Morgan fingerprint density at radius 2 is 1.58 bits per heavy atom. The van der Waals surface area contributed by atoms with Crippen LogP contribution in [0.4, 0.5) is 0 Å². The highest BCUT2D eigenvalue weighted by Crippen LogP contribution is 2.24. The number of phenols is 1. The van der Waals surface area contributed by atoms with E-state index in [0.717, 1.165) is 29.3 Å². The molecule has 0 bridgehead atoms.